The van der Waals surface area contributed by atoms with Crippen molar-refractivity contribution in [1.82, 2.24) is 26.2 Å². The lowest BCUT2D eigenvalue weighted by Crippen LogP contribution is -2.59. The van der Waals surface area contributed by atoms with Crippen molar-refractivity contribution in [2.75, 3.05) is 13.1 Å². The van der Waals surface area contributed by atoms with Crippen LogP contribution in [0, 0.1) is 11.8 Å². The molecule has 226 valence electrons. The number of rotatable bonds is 15. The molecule has 2 fully saturated rings. The fourth-order valence-corrected chi connectivity index (χ4v) is 5.13. The van der Waals surface area contributed by atoms with Crippen LogP contribution in [0.3, 0.4) is 0 Å². The Kier molecular flexibility index (Phi) is 12.8. The predicted octanol–water partition coefficient (Wildman–Crippen LogP) is -0.374. The van der Waals surface area contributed by atoms with E-state index in [1.807, 2.05) is 27.7 Å². The van der Waals surface area contributed by atoms with Gasteiger partial charge in [-0.1, -0.05) is 34.1 Å². The standard InChI is InChI=1S/C27H46N6O7/c1-5-16(4)22(32-23(35)17-8-6-12-29-17)25(37)31-19(14-15(2)3)26(38)33-13-7-9-20(33)24(36)30-18(27(39)40)10-11-21(28)34/h15-20,22,29H,5-14H2,1-4H3,(H2,28,34)(H,30,36)(H,31,37)(H,32,35)(H,39,40). The summed E-state index contributed by atoms with van der Waals surface area (Å²) in [7, 11) is 0. The monoisotopic (exact) mass is 566 g/mol. The van der Waals surface area contributed by atoms with Gasteiger partial charge in [0.15, 0.2) is 0 Å². The lowest BCUT2D eigenvalue weighted by molar-refractivity contribution is -0.145. The molecule has 0 aliphatic carbocycles. The topological polar surface area (TPSA) is 200 Å². The first-order chi connectivity index (χ1) is 18.8. The third-order valence-electron chi connectivity index (χ3n) is 7.62. The van der Waals surface area contributed by atoms with Gasteiger partial charge < -0.3 is 37.0 Å². The first-order valence-electron chi connectivity index (χ1n) is 14.3. The van der Waals surface area contributed by atoms with Crippen molar-refractivity contribution in [1.29, 1.82) is 0 Å². The van der Waals surface area contributed by atoms with Gasteiger partial charge in [0.25, 0.3) is 0 Å². The number of carbonyl (C=O) groups is 6. The molecule has 0 aromatic carbocycles. The van der Waals surface area contributed by atoms with E-state index in [4.69, 9.17) is 5.73 Å². The first kappa shape index (κ1) is 33.0. The summed E-state index contributed by atoms with van der Waals surface area (Å²) in [6, 6.07) is -4.35. The summed E-state index contributed by atoms with van der Waals surface area (Å²) in [6.45, 7) is 8.63. The summed E-state index contributed by atoms with van der Waals surface area (Å²) in [6.07, 6.45) is 3.02. The van der Waals surface area contributed by atoms with E-state index in [1.54, 1.807) is 0 Å². The third kappa shape index (κ3) is 9.46. The average molecular weight is 567 g/mol. The van der Waals surface area contributed by atoms with Gasteiger partial charge in [0.1, 0.15) is 24.2 Å². The molecule has 13 heteroatoms. The Bertz CT molecular complexity index is 936. The zero-order chi connectivity index (χ0) is 30.0. The van der Waals surface area contributed by atoms with Crippen LogP contribution >= 0.6 is 0 Å². The Labute approximate surface area is 235 Å². The minimum Gasteiger partial charge on any atom is -0.480 e. The molecule has 6 atom stereocenters. The summed E-state index contributed by atoms with van der Waals surface area (Å²) in [5.74, 6) is -3.91. The number of amides is 5. The minimum absolute atomic E-state index is 0.0358. The average Bonchev–Trinajstić information content (AvgIpc) is 3.60. The highest BCUT2D eigenvalue weighted by atomic mass is 16.4. The van der Waals surface area contributed by atoms with E-state index in [-0.39, 0.29) is 43.2 Å². The Balaban J connectivity index is 2.16. The Morgan fingerprint density at radius 3 is 2.23 bits per heavy atom. The van der Waals surface area contributed by atoms with Crippen LogP contribution in [0.25, 0.3) is 0 Å². The molecule has 2 heterocycles. The zero-order valence-electron chi connectivity index (χ0n) is 24.0. The molecular formula is C27H46N6O7. The van der Waals surface area contributed by atoms with E-state index in [2.05, 4.69) is 21.3 Å². The SMILES string of the molecule is CCC(C)C(NC(=O)C1CCCN1)C(=O)NC(CC(C)C)C(=O)N1CCCC1C(=O)NC(CCC(N)=O)C(=O)O. The summed E-state index contributed by atoms with van der Waals surface area (Å²) in [5, 5.41) is 20.7. The van der Waals surface area contributed by atoms with Crippen molar-refractivity contribution < 1.29 is 33.9 Å². The maximum atomic E-state index is 13.7. The summed E-state index contributed by atoms with van der Waals surface area (Å²) in [5.41, 5.74) is 5.12. The van der Waals surface area contributed by atoms with Crippen LogP contribution in [0.5, 0.6) is 0 Å². The molecule has 0 radical (unpaired) electrons. The van der Waals surface area contributed by atoms with Crippen molar-refractivity contribution in [3.8, 4) is 0 Å². The number of primary amides is 1. The van der Waals surface area contributed by atoms with Crippen molar-refractivity contribution in [2.24, 2.45) is 17.6 Å². The molecule has 2 rings (SSSR count). The molecule has 40 heavy (non-hydrogen) atoms. The van der Waals surface area contributed by atoms with Gasteiger partial charge in [0, 0.05) is 13.0 Å². The van der Waals surface area contributed by atoms with E-state index in [1.165, 1.54) is 4.90 Å². The second-order valence-corrected chi connectivity index (χ2v) is 11.3. The summed E-state index contributed by atoms with van der Waals surface area (Å²) < 4.78 is 0. The number of nitrogens with two attached hydrogens (primary N) is 1. The Morgan fingerprint density at radius 2 is 1.68 bits per heavy atom. The maximum absolute atomic E-state index is 13.7. The molecule has 7 N–H and O–H groups in total. The highest BCUT2D eigenvalue weighted by Crippen LogP contribution is 2.21. The normalized spacial score (nSPS) is 21.8. The lowest BCUT2D eigenvalue weighted by Gasteiger charge is -2.32. The molecule has 2 aliphatic rings. The molecular weight excluding hydrogens is 520 g/mol. The van der Waals surface area contributed by atoms with Gasteiger partial charge in [-0.2, -0.15) is 0 Å². The van der Waals surface area contributed by atoms with E-state index in [0.717, 1.165) is 13.0 Å². The van der Waals surface area contributed by atoms with E-state index < -0.39 is 53.8 Å². The van der Waals surface area contributed by atoms with Crippen LogP contribution in [0.1, 0.15) is 79.1 Å². The molecule has 5 amide bonds. The smallest absolute Gasteiger partial charge is 0.326 e. The van der Waals surface area contributed by atoms with Gasteiger partial charge in [-0.3, -0.25) is 24.0 Å². The maximum Gasteiger partial charge on any atom is 0.326 e. The number of hydrogen-bond donors (Lipinski definition) is 6. The first-order valence-corrected chi connectivity index (χ1v) is 14.3. The highest BCUT2D eigenvalue weighted by molar-refractivity contribution is 5.96. The van der Waals surface area contributed by atoms with Crippen molar-refractivity contribution in [3.05, 3.63) is 0 Å². The fourth-order valence-electron chi connectivity index (χ4n) is 5.13. The number of hydrogen-bond acceptors (Lipinski definition) is 7. The molecule has 13 nitrogen and oxygen atoms in total. The van der Waals surface area contributed by atoms with Crippen LogP contribution in [0.15, 0.2) is 0 Å². The third-order valence-corrected chi connectivity index (χ3v) is 7.62. The number of likely N-dealkylation sites (tertiary alicyclic amines) is 1. The van der Waals surface area contributed by atoms with Gasteiger partial charge >= 0.3 is 5.97 Å². The van der Waals surface area contributed by atoms with E-state index in [9.17, 15) is 33.9 Å². The number of carbonyl (C=O) groups excluding carboxylic acids is 5. The fraction of sp³-hybridized carbons (Fsp3) is 0.778. The van der Waals surface area contributed by atoms with Gasteiger partial charge in [0.2, 0.25) is 29.5 Å². The number of aliphatic carboxylic acids is 1. The summed E-state index contributed by atoms with van der Waals surface area (Å²) >= 11 is 0. The van der Waals surface area contributed by atoms with Crippen LogP contribution in [0.2, 0.25) is 0 Å². The van der Waals surface area contributed by atoms with Crippen LogP contribution < -0.4 is 27.0 Å². The number of carboxylic acid groups (broad SMARTS) is 1. The molecule has 0 bridgehead atoms. The predicted molar refractivity (Wildman–Crippen MR) is 147 cm³/mol. The van der Waals surface area contributed by atoms with E-state index >= 15 is 0 Å². The minimum atomic E-state index is -1.32. The van der Waals surface area contributed by atoms with Crippen molar-refractivity contribution in [3.63, 3.8) is 0 Å². The Morgan fingerprint density at radius 1 is 0.975 bits per heavy atom. The number of nitrogens with one attached hydrogen (secondary N) is 4. The van der Waals surface area contributed by atoms with Gasteiger partial charge in [-0.15, -0.1) is 0 Å². The second kappa shape index (κ2) is 15.5. The van der Waals surface area contributed by atoms with E-state index in [0.29, 0.717) is 32.1 Å². The highest BCUT2D eigenvalue weighted by Gasteiger charge is 2.40. The molecule has 0 spiro atoms. The largest absolute Gasteiger partial charge is 0.480 e. The quantitative estimate of drug-likeness (QED) is 0.154. The molecule has 6 unspecified atom stereocenters. The van der Waals surface area contributed by atoms with Gasteiger partial charge in [-0.25, -0.2) is 4.79 Å². The van der Waals surface area contributed by atoms with Gasteiger partial charge in [-0.05, 0) is 56.9 Å². The van der Waals surface area contributed by atoms with Crippen LogP contribution in [0.4, 0.5) is 0 Å². The number of nitrogens with zero attached hydrogens (tertiary/aromatic N) is 1. The van der Waals surface area contributed by atoms with Crippen molar-refractivity contribution in [2.45, 2.75) is 109 Å². The second-order valence-electron chi connectivity index (χ2n) is 11.3. The molecule has 2 saturated heterocycles. The molecule has 0 saturated carbocycles. The molecule has 0 aromatic heterocycles. The lowest BCUT2D eigenvalue weighted by atomic mass is 9.96. The molecule has 0 aromatic rings. The van der Waals surface area contributed by atoms with Crippen LogP contribution in [-0.4, -0.2) is 88.8 Å². The van der Waals surface area contributed by atoms with Crippen molar-refractivity contribution >= 4 is 35.5 Å². The zero-order valence-corrected chi connectivity index (χ0v) is 24.0. The van der Waals surface area contributed by atoms with Gasteiger partial charge in [0.05, 0.1) is 6.04 Å². The molecule has 2 aliphatic heterocycles. The number of carboxylic acids is 1. The summed E-state index contributed by atoms with van der Waals surface area (Å²) in [4.78, 5) is 77.1. The Hall–Kier alpha value is -3.22. The van der Waals surface area contributed by atoms with Crippen LogP contribution in [-0.2, 0) is 28.8 Å².